The van der Waals surface area contributed by atoms with Gasteiger partial charge in [-0.05, 0) is 43.9 Å². The van der Waals surface area contributed by atoms with E-state index in [2.05, 4.69) is 24.8 Å². The first-order valence-corrected chi connectivity index (χ1v) is 10.8. The van der Waals surface area contributed by atoms with Gasteiger partial charge in [0.15, 0.2) is 17.5 Å². The zero-order valence-electron chi connectivity index (χ0n) is 17.8. The van der Waals surface area contributed by atoms with E-state index in [0.29, 0.717) is 49.7 Å². The van der Waals surface area contributed by atoms with Crippen LogP contribution in [0.3, 0.4) is 0 Å². The van der Waals surface area contributed by atoms with Crippen LogP contribution in [0.25, 0.3) is 10.7 Å². The fourth-order valence-electron chi connectivity index (χ4n) is 4.87. The molecular weight excluding hydrogens is 428 g/mol. The summed E-state index contributed by atoms with van der Waals surface area (Å²) in [5.41, 5.74) is -0.0679. The Morgan fingerprint density at radius 3 is 2.52 bits per heavy atom. The fourth-order valence-corrected chi connectivity index (χ4v) is 4.87. The third-order valence-electron chi connectivity index (χ3n) is 6.46. The Morgan fingerprint density at radius 2 is 1.82 bits per heavy atom. The number of anilines is 2. The number of amides is 1. The van der Waals surface area contributed by atoms with Crippen molar-refractivity contribution in [3.05, 3.63) is 65.8 Å². The zero-order valence-corrected chi connectivity index (χ0v) is 17.8. The largest absolute Gasteiger partial charge is 0.394 e. The van der Waals surface area contributed by atoms with E-state index >= 15 is 0 Å². The predicted octanol–water partition coefficient (Wildman–Crippen LogP) is 4.05. The summed E-state index contributed by atoms with van der Waals surface area (Å²) in [5.74, 6) is -0.796. The second kappa shape index (κ2) is 8.24. The molecule has 2 saturated heterocycles. The number of benzene rings is 1. The van der Waals surface area contributed by atoms with Crippen molar-refractivity contribution in [2.45, 2.75) is 37.6 Å². The van der Waals surface area contributed by atoms with Crippen molar-refractivity contribution >= 4 is 23.4 Å². The summed E-state index contributed by atoms with van der Waals surface area (Å²) in [4.78, 5) is 28.7. The van der Waals surface area contributed by atoms with E-state index in [9.17, 15) is 13.6 Å². The maximum atomic E-state index is 14.0. The van der Waals surface area contributed by atoms with Crippen LogP contribution in [0.2, 0.25) is 0 Å². The smallest absolute Gasteiger partial charge is 0.375 e. The molecule has 2 aliphatic heterocycles. The number of carbonyl (C=O) groups is 1. The summed E-state index contributed by atoms with van der Waals surface area (Å²) in [7, 11) is 0. The first-order chi connectivity index (χ1) is 16.0. The third kappa shape index (κ3) is 3.80. The van der Waals surface area contributed by atoms with Gasteiger partial charge in [-0.2, -0.15) is 5.10 Å². The van der Waals surface area contributed by atoms with E-state index in [1.807, 2.05) is 0 Å². The van der Waals surface area contributed by atoms with Gasteiger partial charge in [0.2, 0.25) is 11.7 Å². The molecule has 0 bridgehead atoms. The van der Waals surface area contributed by atoms with E-state index in [1.165, 1.54) is 6.07 Å². The Balaban J connectivity index is 1.42. The van der Waals surface area contributed by atoms with Crippen LogP contribution in [-0.2, 0) is 4.79 Å². The second-order valence-corrected chi connectivity index (χ2v) is 8.34. The van der Waals surface area contributed by atoms with E-state index in [-0.39, 0.29) is 11.9 Å². The highest BCUT2D eigenvalue weighted by molar-refractivity contribution is 5.95. The van der Waals surface area contributed by atoms with Crippen molar-refractivity contribution in [1.82, 2.24) is 19.7 Å². The van der Waals surface area contributed by atoms with E-state index in [1.54, 1.807) is 34.1 Å². The van der Waals surface area contributed by atoms with Crippen LogP contribution >= 0.6 is 0 Å². The van der Waals surface area contributed by atoms with Gasteiger partial charge in [0, 0.05) is 43.7 Å². The Bertz CT molecular complexity index is 1230. The molecule has 33 heavy (non-hydrogen) atoms. The minimum Gasteiger partial charge on any atom is -0.394 e. The van der Waals surface area contributed by atoms with Gasteiger partial charge in [0.05, 0.1) is 11.6 Å². The zero-order chi connectivity index (χ0) is 23.0. The highest BCUT2D eigenvalue weighted by Crippen LogP contribution is 2.42. The van der Waals surface area contributed by atoms with Crippen LogP contribution in [0.5, 0.6) is 0 Å². The molecule has 2 aliphatic rings. The molecule has 3 aromatic rings. The molecule has 5 rings (SSSR count). The number of hydrogen-bond donors (Lipinski definition) is 0. The van der Waals surface area contributed by atoms with Crippen LogP contribution in [0.4, 0.5) is 26.2 Å². The minimum atomic E-state index is -0.961. The Labute approximate surface area is 189 Å². The van der Waals surface area contributed by atoms with E-state index < -0.39 is 17.2 Å². The lowest BCUT2D eigenvalue weighted by Crippen LogP contribution is -2.60. The molecule has 2 fully saturated rings. The number of aromatic nitrogens is 4. The molecule has 8 nitrogen and oxygen atoms in total. The molecule has 0 N–H and O–H groups in total. The van der Waals surface area contributed by atoms with Crippen LogP contribution in [-0.4, -0.2) is 44.3 Å². The molecule has 168 valence electrons. The molecule has 0 unspecified atom stereocenters. The van der Waals surface area contributed by atoms with E-state index in [0.717, 1.165) is 25.0 Å². The summed E-state index contributed by atoms with van der Waals surface area (Å²) >= 11 is 0. The topological polar surface area (TPSA) is 71.5 Å². The lowest BCUT2D eigenvalue weighted by molar-refractivity contribution is -0.121. The predicted molar refractivity (Wildman–Crippen MR) is 117 cm³/mol. The summed E-state index contributed by atoms with van der Waals surface area (Å²) in [5, 5.41) is 4.19. The number of nitrogens with zero attached hydrogens (tertiary/aromatic N) is 7. The SMILES string of the molecule is [C-]#[N+]c1nc(N2CCC3(CCCC(=O)N3c3ccc(F)c(F)c3)CC2)cc(-n2cccn2)n1. The summed E-state index contributed by atoms with van der Waals surface area (Å²) < 4.78 is 29.0. The Kier molecular flexibility index (Phi) is 5.24. The number of carbonyl (C=O) groups excluding carboxylic acids is 1. The van der Waals surface area contributed by atoms with Gasteiger partial charge in [-0.3, -0.25) is 4.79 Å². The van der Waals surface area contributed by atoms with Crippen molar-refractivity contribution in [1.29, 1.82) is 0 Å². The third-order valence-corrected chi connectivity index (χ3v) is 6.46. The summed E-state index contributed by atoms with van der Waals surface area (Å²) in [6.45, 7) is 8.55. The van der Waals surface area contributed by atoms with Gasteiger partial charge in [-0.25, -0.2) is 13.5 Å². The number of piperidine rings is 2. The minimum absolute atomic E-state index is 0.0366. The van der Waals surface area contributed by atoms with Crippen molar-refractivity contribution < 1.29 is 13.6 Å². The molecule has 10 heteroatoms. The molecule has 0 saturated carbocycles. The molecular formula is C23H21F2N7O. The van der Waals surface area contributed by atoms with Gasteiger partial charge in [-0.15, -0.1) is 16.5 Å². The molecule has 2 aromatic heterocycles. The lowest BCUT2D eigenvalue weighted by Gasteiger charge is -2.51. The molecule has 4 heterocycles. The maximum absolute atomic E-state index is 14.0. The van der Waals surface area contributed by atoms with Crippen LogP contribution in [0.15, 0.2) is 42.7 Å². The molecule has 0 radical (unpaired) electrons. The average Bonchev–Trinajstić information content (AvgIpc) is 3.37. The number of halogens is 2. The highest BCUT2D eigenvalue weighted by Gasteiger charge is 2.45. The van der Waals surface area contributed by atoms with Gasteiger partial charge >= 0.3 is 5.95 Å². The van der Waals surface area contributed by atoms with Crippen LogP contribution in [0, 0.1) is 18.2 Å². The normalized spacial score (nSPS) is 17.9. The van der Waals surface area contributed by atoms with Crippen molar-refractivity contribution in [3.8, 4) is 5.82 Å². The Hall–Kier alpha value is -3.87. The van der Waals surface area contributed by atoms with Gasteiger partial charge in [0.25, 0.3) is 0 Å². The van der Waals surface area contributed by atoms with E-state index in [4.69, 9.17) is 6.57 Å². The fraction of sp³-hybridized carbons (Fsp3) is 0.348. The molecule has 1 amide bonds. The summed E-state index contributed by atoms with van der Waals surface area (Å²) in [6, 6.07) is 7.21. The average molecular weight is 449 g/mol. The van der Waals surface area contributed by atoms with Gasteiger partial charge in [0.1, 0.15) is 0 Å². The van der Waals surface area contributed by atoms with Gasteiger partial charge in [-0.1, -0.05) is 0 Å². The van der Waals surface area contributed by atoms with Crippen LogP contribution < -0.4 is 9.80 Å². The monoisotopic (exact) mass is 449 g/mol. The standard InChI is InChI=1S/C23H21F2N7O/c1-26-22-28-19(15-20(29-22)31-11-3-10-27-31)30-12-8-23(9-13-30)7-2-4-21(33)32(23)16-5-6-17(24)18(25)14-16/h3,5-6,10-11,14-15H,2,4,7-9,12-13H2. The number of rotatable bonds is 3. The molecule has 0 aliphatic carbocycles. The molecule has 1 aromatic carbocycles. The summed E-state index contributed by atoms with van der Waals surface area (Å²) in [6.07, 6.45) is 6.62. The first-order valence-electron chi connectivity index (χ1n) is 10.8. The van der Waals surface area contributed by atoms with Crippen LogP contribution in [0.1, 0.15) is 32.1 Å². The van der Waals surface area contributed by atoms with Gasteiger partial charge < -0.3 is 14.6 Å². The second-order valence-electron chi connectivity index (χ2n) is 8.34. The van der Waals surface area contributed by atoms with Crippen molar-refractivity contribution in [2.24, 2.45) is 0 Å². The van der Waals surface area contributed by atoms with Crippen molar-refractivity contribution in [3.63, 3.8) is 0 Å². The first kappa shape index (κ1) is 21.0. The number of hydrogen-bond acceptors (Lipinski definition) is 5. The molecule has 0 atom stereocenters. The molecule has 1 spiro atoms. The lowest BCUT2D eigenvalue weighted by atomic mass is 9.78. The Morgan fingerprint density at radius 1 is 1.03 bits per heavy atom. The quantitative estimate of drug-likeness (QED) is 0.565. The highest BCUT2D eigenvalue weighted by atomic mass is 19.2. The van der Waals surface area contributed by atoms with Crippen molar-refractivity contribution in [2.75, 3.05) is 22.9 Å². The maximum Gasteiger partial charge on any atom is 0.375 e.